The molecule has 1 rings (SSSR count). The molecule has 1 unspecified atom stereocenters. The quantitative estimate of drug-likeness (QED) is 0.663. The maximum absolute atomic E-state index is 11.8. The number of aryl methyl sites for hydroxylation is 2. The minimum Gasteiger partial charge on any atom is -0.395 e. The second-order valence-corrected chi connectivity index (χ2v) is 3.74. The van der Waals surface area contributed by atoms with Gasteiger partial charge in [0.15, 0.2) is 0 Å². The Labute approximate surface area is 94.4 Å². The first-order valence-corrected chi connectivity index (χ1v) is 5.22. The first-order chi connectivity index (χ1) is 7.47. The van der Waals surface area contributed by atoms with Gasteiger partial charge < -0.3 is 16.2 Å². The minimum atomic E-state index is -0.528. The molecule has 4 N–H and O–H groups in total. The third-order valence-electron chi connectivity index (χ3n) is 2.45. The fraction of sp³-hybridized carbons (Fsp3) is 0.600. The van der Waals surface area contributed by atoms with E-state index in [2.05, 4.69) is 10.4 Å². The van der Waals surface area contributed by atoms with Crippen molar-refractivity contribution in [2.45, 2.75) is 26.4 Å². The van der Waals surface area contributed by atoms with Crippen LogP contribution in [0.25, 0.3) is 0 Å². The van der Waals surface area contributed by atoms with Crippen LogP contribution in [0.4, 0.5) is 5.69 Å². The molecule has 1 heterocycles. The predicted octanol–water partition coefficient (Wildman–Crippen LogP) is -0.189. The van der Waals surface area contributed by atoms with Crippen molar-refractivity contribution < 1.29 is 9.90 Å². The lowest BCUT2D eigenvalue weighted by atomic mass is 10.2. The van der Waals surface area contributed by atoms with Crippen LogP contribution in [0.3, 0.4) is 0 Å². The number of hydrogen-bond donors (Lipinski definition) is 3. The van der Waals surface area contributed by atoms with Gasteiger partial charge in [0, 0.05) is 13.6 Å². The Morgan fingerprint density at radius 3 is 2.75 bits per heavy atom. The van der Waals surface area contributed by atoms with Gasteiger partial charge in [-0.2, -0.15) is 5.10 Å². The van der Waals surface area contributed by atoms with Crippen molar-refractivity contribution in [3.63, 3.8) is 0 Å². The molecule has 0 aliphatic heterocycles. The van der Waals surface area contributed by atoms with Crippen molar-refractivity contribution in [3.8, 4) is 0 Å². The van der Waals surface area contributed by atoms with Gasteiger partial charge in [-0.05, 0) is 13.3 Å². The third-order valence-corrected chi connectivity index (χ3v) is 2.45. The highest BCUT2D eigenvalue weighted by Crippen LogP contribution is 2.14. The Hall–Kier alpha value is -1.56. The number of nitrogens with one attached hydrogen (secondary N) is 1. The molecule has 1 aromatic rings. The van der Waals surface area contributed by atoms with Crippen molar-refractivity contribution in [3.05, 3.63) is 11.4 Å². The van der Waals surface area contributed by atoms with Crippen LogP contribution in [0.15, 0.2) is 0 Å². The number of carbonyl (C=O) groups excluding carboxylic acids is 1. The number of anilines is 1. The van der Waals surface area contributed by atoms with Crippen molar-refractivity contribution in [2.24, 2.45) is 7.05 Å². The van der Waals surface area contributed by atoms with E-state index in [4.69, 9.17) is 5.73 Å². The van der Waals surface area contributed by atoms with Gasteiger partial charge in [0.05, 0.1) is 17.5 Å². The van der Waals surface area contributed by atoms with E-state index < -0.39 is 6.10 Å². The smallest absolute Gasteiger partial charge is 0.271 e. The zero-order valence-corrected chi connectivity index (χ0v) is 9.82. The molecule has 0 aromatic carbocycles. The number of aliphatic hydroxyl groups excluding tert-OH is 1. The lowest BCUT2D eigenvalue weighted by Gasteiger charge is -2.09. The summed E-state index contributed by atoms with van der Waals surface area (Å²) < 4.78 is 1.44. The molecule has 0 radical (unpaired) electrons. The molecule has 6 heteroatoms. The molecule has 90 valence electrons. The van der Waals surface area contributed by atoms with Crippen molar-refractivity contribution >= 4 is 11.6 Å². The summed E-state index contributed by atoms with van der Waals surface area (Å²) in [7, 11) is 1.66. The van der Waals surface area contributed by atoms with Crippen LogP contribution >= 0.6 is 0 Å². The molecular formula is C10H18N4O2. The van der Waals surface area contributed by atoms with E-state index in [-0.39, 0.29) is 12.5 Å². The van der Waals surface area contributed by atoms with E-state index in [1.54, 1.807) is 14.0 Å². The van der Waals surface area contributed by atoms with Crippen LogP contribution < -0.4 is 11.1 Å². The molecule has 1 amide bonds. The number of carbonyl (C=O) groups is 1. The maximum atomic E-state index is 11.8. The number of rotatable bonds is 4. The van der Waals surface area contributed by atoms with E-state index in [1.165, 1.54) is 4.68 Å². The Morgan fingerprint density at radius 2 is 2.31 bits per heavy atom. The lowest BCUT2D eigenvalue weighted by molar-refractivity contribution is 0.0905. The predicted molar refractivity (Wildman–Crippen MR) is 61.0 cm³/mol. The van der Waals surface area contributed by atoms with Gasteiger partial charge in [0.1, 0.15) is 5.69 Å². The second-order valence-electron chi connectivity index (χ2n) is 3.74. The first kappa shape index (κ1) is 12.5. The number of nitrogen functional groups attached to an aromatic ring is 1. The summed E-state index contributed by atoms with van der Waals surface area (Å²) in [4.78, 5) is 11.8. The standard InChI is InChI=1S/C10H18N4O2/c1-4-7(15)5-12-10(16)9-8(11)6(2)13-14(9)3/h7,15H,4-5,11H2,1-3H3,(H,12,16). The lowest BCUT2D eigenvalue weighted by Crippen LogP contribution is -2.33. The maximum Gasteiger partial charge on any atom is 0.271 e. The minimum absolute atomic E-state index is 0.221. The van der Waals surface area contributed by atoms with Gasteiger partial charge in [-0.25, -0.2) is 0 Å². The van der Waals surface area contributed by atoms with Gasteiger partial charge in [-0.15, -0.1) is 0 Å². The van der Waals surface area contributed by atoms with Crippen molar-refractivity contribution in [1.29, 1.82) is 0 Å². The topological polar surface area (TPSA) is 93.2 Å². The van der Waals surface area contributed by atoms with Crippen molar-refractivity contribution in [1.82, 2.24) is 15.1 Å². The van der Waals surface area contributed by atoms with Gasteiger partial charge in [-0.1, -0.05) is 6.92 Å². The average molecular weight is 226 g/mol. The van der Waals surface area contributed by atoms with Gasteiger partial charge in [-0.3, -0.25) is 9.48 Å². The van der Waals surface area contributed by atoms with E-state index >= 15 is 0 Å². The van der Waals surface area contributed by atoms with Crippen LogP contribution in [0.1, 0.15) is 29.5 Å². The summed E-state index contributed by atoms with van der Waals surface area (Å²) in [6.07, 6.45) is 0.0692. The normalized spacial score (nSPS) is 12.5. The summed E-state index contributed by atoms with van der Waals surface area (Å²) in [6.45, 7) is 3.81. The SMILES string of the molecule is CCC(O)CNC(=O)c1c(N)c(C)nn1C. The largest absolute Gasteiger partial charge is 0.395 e. The van der Waals surface area contributed by atoms with Crippen LogP contribution in [-0.2, 0) is 7.05 Å². The van der Waals surface area contributed by atoms with Crippen LogP contribution in [0.5, 0.6) is 0 Å². The highest BCUT2D eigenvalue weighted by Gasteiger charge is 2.17. The monoisotopic (exact) mass is 226 g/mol. The molecule has 1 aromatic heterocycles. The summed E-state index contributed by atoms with van der Waals surface area (Å²) in [5.74, 6) is -0.312. The number of aliphatic hydroxyl groups is 1. The molecule has 0 saturated carbocycles. The molecule has 0 fully saturated rings. The summed E-state index contributed by atoms with van der Waals surface area (Å²) in [5, 5.41) is 16.0. The first-order valence-electron chi connectivity index (χ1n) is 5.22. The Morgan fingerprint density at radius 1 is 1.69 bits per heavy atom. The molecule has 16 heavy (non-hydrogen) atoms. The van der Waals surface area contributed by atoms with E-state index in [9.17, 15) is 9.90 Å². The summed E-state index contributed by atoms with van der Waals surface area (Å²) in [6, 6.07) is 0. The Bertz CT molecular complexity index is 386. The van der Waals surface area contributed by atoms with Gasteiger partial charge in [0.25, 0.3) is 5.91 Å². The molecule has 0 bridgehead atoms. The van der Waals surface area contributed by atoms with E-state index in [0.717, 1.165) is 0 Å². The Kier molecular flexibility index (Phi) is 3.89. The zero-order chi connectivity index (χ0) is 12.3. The highest BCUT2D eigenvalue weighted by molar-refractivity contribution is 5.97. The molecular weight excluding hydrogens is 208 g/mol. The summed E-state index contributed by atoms with van der Waals surface area (Å²) in [5.41, 5.74) is 7.08. The van der Waals surface area contributed by atoms with E-state index in [0.29, 0.717) is 23.5 Å². The number of nitrogens with zero attached hydrogens (tertiary/aromatic N) is 2. The summed E-state index contributed by atoms with van der Waals surface area (Å²) >= 11 is 0. The molecule has 0 spiro atoms. The second kappa shape index (κ2) is 4.98. The van der Waals surface area contributed by atoms with Crippen LogP contribution in [0.2, 0.25) is 0 Å². The Balaban J connectivity index is 2.73. The van der Waals surface area contributed by atoms with E-state index in [1.807, 2.05) is 6.92 Å². The molecule has 0 aliphatic rings. The highest BCUT2D eigenvalue weighted by atomic mass is 16.3. The number of amides is 1. The molecule has 0 aliphatic carbocycles. The fourth-order valence-electron chi connectivity index (χ4n) is 1.38. The van der Waals surface area contributed by atoms with Gasteiger partial charge in [0.2, 0.25) is 0 Å². The molecule has 6 nitrogen and oxygen atoms in total. The van der Waals surface area contributed by atoms with Crippen molar-refractivity contribution in [2.75, 3.05) is 12.3 Å². The number of hydrogen-bond acceptors (Lipinski definition) is 4. The fourth-order valence-corrected chi connectivity index (χ4v) is 1.38. The average Bonchev–Trinajstić information content (AvgIpc) is 2.49. The number of nitrogens with two attached hydrogens (primary N) is 1. The molecule has 1 atom stereocenters. The molecule has 0 saturated heterocycles. The van der Waals surface area contributed by atoms with Crippen LogP contribution in [-0.4, -0.2) is 33.4 Å². The van der Waals surface area contributed by atoms with Gasteiger partial charge >= 0.3 is 0 Å². The third kappa shape index (κ3) is 2.52. The number of aromatic nitrogens is 2. The zero-order valence-electron chi connectivity index (χ0n) is 9.82. The van der Waals surface area contributed by atoms with Crippen LogP contribution in [0, 0.1) is 6.92 Å².